The second-order valence-corrected chi connectivity index (χ2v) is 8.30. The lowest BCUT2D eigenvalue weighted by molar-refractivity contribution is -0.131. The van der Waals surface area contributed by atoms with Gasteiger partial charge in [0.2, 0.25) is 5.91 Å². The van der Waals surface area contributed by atoms with Gasteiger partial charge in [0.05, 0.1) is 6.54 Å². The van der Waals surface area contributed by atoms with Crippen LogP contribution < -0.4 is 0 Å². The molecule has 2 aromatic rings. The number of thiophene rings is 1. The van der Waals surface area contributed by atoms with Gasteiger partial charge in [0.15, 0.2) is 0 Å². The molecule has 1 aromatic carbocycles. The average molecular weight is 370 g/mol. The molecule has 2 fully saturated rings. The van der Waals surface area contributed by atoms with E-state index in [1.165, 1.54) is 28.8 Å². The zero-order valence-electron chi connectivity index (χ0n) is 15.3. The minimum absolute atomic E-state index is 0.321. The Hall–Kier alpha value is -1.69. The van der Waals surface area contributed by atoms with Crippen LogP contribution >= 0.6 is 11.3 Å². The smallest absolute Gasteiger partial charge is 0.236 e. The van der Waals surface area contributed by atoms with Crippen molar-refractivity contribution in [3.05, 3.63) is 46.7 Å². The molecule has 0 radical (unpaired) electrons. The molecule has 0 aliphatic carbocycles. The van der Waals surface area contributed by atoms with E-state index < -0.39 is 0 Å². The standard InChI is InChI=1S/C21H27N3OS/c25-21(24-8-4-5-9-24)16-23-12-10-22(11-13-23)15-20-14-19(17-26-20)18-6-2-1-3-7-18/h1-3,6-7,14,17H,4-5,8-13,15-16H2. The summed E-state index contributed by atoms with van der Waals surface area (Å²) in [5, 5.41) is 2.26. The van der Waals surface area contributed by atoms with Crippen LogP contribution in [-0.2, 0) is 11.3 Å². The Kier molecular flexibility index (Phi) is 5.68. The van der Waals surface area contributed by atoms with Crippen molar-refractivity contribution in [3.63, 3.8) is 0 Å². The van der Waals surface area contributed by atoms with Crippen molar-refractivity contribution in [1.29, 1.82) is 0 Å². The molecule has 0 saturated carbocycles. The lowest BCUT2D eigenvalue weighted by Gasteiger charge is -2.34. The number of carbonyl (C=O) groups excluding carboxylic acids is 1. The van der Waals surface area contributed by atoms with Gasteiger partial charge in [0, 0.05) is 50.7 Å². The highest BCUT2D eigenvalue weighted by molar-refractivity contribution is 7.10. The van der Waals surface area contributed by atoms with Crippen molar-refractivity contribution in [2.45, 2.75) is 19.4 Å². The highest BCUT2D eigenvalue weighted by Gasteiger charge is 2.23. The third-order valence-corrected chi connectivity index (χ3v) is 6.34. The first-order chi connectivity index (χ1) is 12.8. The molecule has 1 amide bonds. The van der Waals surface area contributed by atoms with E-state index in [-0.39, 0.29) is 0 Å². The summed E-state index contributed by atoms with van der Waals surface area (Å²) in [6.45, 7) is 7.63. The second-order valence-electron chi connectivity index (χ2n) is 7.31. The minimum atomic E-state index is 0.321. The van der Waals surface area contributed by atoms with E-state index in [1.54, 1.807) is 0 Å². The van der Waals surface area contributed by atoms with Crippen LogP contribution in [-0.4, -0.2) is 66.4 Å². The van der Waals surface area contributed by atoms with Gasteiger partial charge < -0.3 is 4.90 Å². The SMILES string of the molecule is O=C(CN1CCN(Cc2cc(-c3ccccc3)cs2)CC1)N1CCCC1. The highest BCUT2D eigenvalue weighted by atomic mass is 32.1. The van der Waals surface area contributed by atoms with Crippen LogP contribution in [0.4, 0.5) is 0 Å². The number of rotatable bonds is 5. The summed E-state index contributed by atoms with van der Waals surface area (Å²) in [6.07, 6.45) is 2.34. The van der Waals surface area contributed by atoms with E-state index in [1.807, 2.05) is 16.2 Å². The van der Waals surface area contributed by atoms with Crippen molar-refractivity contribution in [3.8, 4) is 11.1 Å². The van der Waals surface area contributed by atoms with Gasteiger partial charge in [0.25, 0.3) is 0 Å². The van der Waals surface area contributed by atoms with Crippen LogP contribution in [0.25, 0.3) is 11.1 Å². The molecule has 2 aliphatic heterocycles. The predicted octanol–water partition coefficient (Wildman–Crippen LogP) is 3.16. The molecule has 0 bridgehead atoms. The summed E-state index contributed by atoms with van der Waals surface area (Å²) in [4.78, 5) is 20.6. The molecule has 2 aliphatic rings. The van der Waals surface area contributed by atoms with E-state index in [0.29, 0.717) is 12.5 Å². The van der Waals surface area contributed by atoms with Gasteiger partial charge in [0.1, 0.15) is 0 Å². The van der Waals surface area contributed by atoms with Crippen LogP contribution in [0.2, 0.25) is 0 Å². The molecular formula is C21H27N3OS. The number of benzene rings is 1. The largest absolute Gasteiger partial charge is 0.342 e. The zero-order valence-corrected chi connectivity index (χ0v) is 16.1. The number of hydrogen-bond acceptors (Lipinski definition) is 4. The summed E-state index contributed by atoms with van der Waals surface area (Å²) in [7, 11) is 0. The van der Waals surface area contributed by atoms with Crippen LogP contribution in [0.15, 0.2) is 41.8 Å². The molecule has 2 saturated heterocycles. The Balaban J connectivity index is 1.25. The molecule has 0 unspecified atom stereocenters. The van der Waals surface area contributed by atoms with Gasteiger partial charge in [-0.25, -0.2) is 0 Å². The van der Waals surface area contributed by atoms with Crippen LogP contribution in [0.5, 0.6) is 0 Å². The van der Waals surface area contributed by atoms with E-state index in [9.17, 15) is 4.79 Å². The number of piperazine rings is 1. The number of amides is 1. The molecule has 4 nitrogen and oxygen atoms in total. The summed E-state index contributed by atoms with van der Waals surface area (Å²) in [5.41, 5.74) is 2.61. The van der Waals surface area contributed by atoms with E-state index in [4.69, 9.17) is 0 Å². The van der Waals surface area contributed by atoms with Crippen LogP contribution in [0, 0.1) is 0 Å². The van der Waals surface area contributed by atoms with Crippen LogP contribution in [0.3, 0.4) is 0 Å². The molecule has 0 atom stereocenters. The van der Waals surface area contributed by atoms with E-state index in [0.717, 1.165) is 45.8 Å². The van der Waals surface area contributed by atoms with Crippen LogP contribution in [0.1, 0.15) is 17.7 Å². The first-order valence-corrected chi connectivity index (χ1v) is 10.5. The monoisotopic (exact) mass is 369 g/mol. The topological polar surface area (TPSA) is 26.8 Å². The molecule has 0 spiro atoms. The summed E-state index contributed by atoms with van der Waals surface area (Å²) in [5.74, 6) is 0.321. The minimum Gasteiger partial charge on any atom is -0.342 e. The molecule has 4 rings (SSSR count). The molecule has 0 N–H and O–H groups in total. The van der Waals surface area contributed by atoms with Gasteiger partial charge >= 0.3 is 0 Å². The van der Waals surface area contributed by atoms with Gasteiger partial charge in [-0.05, 0) is 35.4 Å². The Morgan fingerprint density at radius 1 is 0.885 bits per heavy atom. The van der Waals surface area contributed by atoms with Gasteiger partial charge in [-0.1, -0.05) is 30.3 Å². The number of carbonyl (C=O) groups is 1. The van der Waals surface area contributed by atoms with Crippen molar-refractivity contribution < 1.29 is 4.79 Å². The number of nitrogens with zero attached hydrogens (tertiary/aromatic N) is 3. The summed E-state index contributed by atoms with van der Waals surface area (Å²) in [6, 6.07) is 12.9. The average Bonchev–Trinajstić information content (AvgIpc) is 3.36. The first-order valence-electron chi connectivity index (χ1n) is 9.63. The molecule has 3 heterocycles. The fourth-order valence-electron chi connectivity index (χ4n) is 3.83. The quantitative estimate of drug-likeness (QED) is 0.810. The summed E-state index contributed by atoms with van der Waals surface area (Å²) >= 11 is 1.85. The van der Waals surface area contributed by atoms with Crippen molar-refractivity contribution in [2.24, 2.45) is 0 Å². The Morgan fingerprint density at radius 3 is 2.31 bits per heavy atom. The highest BCUT2D eigenvalue weighted by Crippen LogP contribution is 2.26. The fraction of sp³-hybridized carbons (Fsp3) is 0.476. The summed E-state index contributed by atoms with van der Waals surface area (Å²) < 4.78 is 0. The maximum Gasteiger partial charge on any atom is 0.236 e. The molecular weight excluding hydrogens is 342 g/mol. The third-order valence-electron chi connectivity index (χ3n) is 5.42. The van der Waals surface area contributed by atoms with Gasteiger partial charge in [-0.15, -0.1) is 11.3 Å². The van der Waals surface area contributed by atoms with Gasteiger partial charge in [-0.3, -0.25) is 14.6 Å². The molecule has 5 heteroatoms. The fourth-order valence-corrected chi connectivity index (χ4v) is 4.76. The van der Waals surface area contributed by atoms with Gasteiger partial charge in [-0.2, -0.15) is 0 Å². The molecule has 138 valence electrons. The maximum atomic E-state index is 12.3. The normalized spacial score (nSPS) is 19.2. The van der Waals surface area contributed by atoms with Crippen molar-refractivity contribution in [1.82, 2.24) is 14.7 Å². The van der Waals surface area contributed by atoms with Crippen molar-refractivity contribution >= 4 is 17.2 Å². The predicted molar refractivity (Wildman–Crippen MR) is 107 cm³/mol. The van der Waals surface area contributed by atoms with E-state index in [2.05, 4.69) is 51.6 Å². The Labute approximate surface area is 160 Å². The lowest BCUT2D eigenvalue weighted by atomic mass is 10.1. The first kappa shape index (κ1) is 17.7. The molecule has 1 aromatic heterocycles. The van der Waals surface area contributed by atoms with E-state index >= 15 is 0 Å². The second kappa shape index (κ2) is 8.33. The lowest BCUT2D eigenvalue weighted by Crippen LogP contribution is -2.49. The number of likely N-dealkylation sites (tertiary alicyclic amines) is 1. The third kappa shape index (κ3) is 4.34. The van der Waals surface area contributed by atoms with Crippen molar-refractivity contribution in [2.75, 3.05) is 45.8 Å². The maximum absolute atomic E-state index is 12.3. The zero-order chi connectivity index (χ0) is 17.8. The molecule has 26 heavy (non-hydrogen) atoms. The Morgan fingerprint density at radius 2 is 1.58 bits per heavy atom. The Bertz CT molecular complexity index is 716. The number of hydrogen-bond donors (Lipinski definition) is 0.